The molecule has 0 radical (unpaired) electrons. The number of para-hydroxylation sites is 2. The Morgan fingerprint density at radius 1 is 0.978 bits per heavy atom. The average Bonchev–Trinajstić information content (AvgIpc) is 3.35. The summed E-state index contributed by atoms with van der Waals surface area (Å²) in [5.41, 5.74) is 3.70. The number of amides is 3. The van der Waals surface area contributed by atoms with Crippen molar-refractivity contribution >= 4 is 35.2 Å². The number of nitrogens with zero attached hydrogens (tertiary/aromatic N) is 3. The molecule has 46 heavy (non-hydrogen) atoms. The van der Waals surface area contributed by atoms with Gasteiger partial charge < -0.3 is 30.1 Å². The largest absolute Gasteiger partial charge is 0.497 e. The smallest absolute Gasteiger partial charge is 0.250 e. The van der Waals surface area contributed by atoms with Crippen LogP contribution in [0.4, 0.5) is 11.4 Å². The van der Waals surface area contributed by atoms with E-state index in [0.29, 0.717) is 44.6 Å². The van der Waals surface area contributed by atoms with Crippen LogP contribution in [-0.2, 0) is 20.8 Å². The van der Waals surface area contributed by atoms with Crippen molar-refractivity contribution in [2.75, 3.05) is 37.1 Å². The highest BCUT2D eigenvalue weighted by Crippen LogP contribution is 2.40. The van der Waals surface area contributed by atoms with E-state index in [2.05, 4.69) is 15.5 Å². The number of ether oxygens (including phenoxy) is 1. The number of benzene rings is 3. The molecule has 3 amide bonds. The Bertz CT molecular complexity index is 1610. The molecule has 6 rings (SSSR count). The van der Waals surface area contributed by atoms with Crippen LogP contribution in [0, 0.1) is 0 Å². The molecular weight excluding hydrogens is 578 g/mol. The normalized spacial score (nSPS) is 19.4. The van der Waals surface area contributed by atoms with Crippen LogP contribution in [0.3, 0.4) is 0 Å². The van der Waals surface area contributed by atoms with Gasteiger partial charge in [-0.25, -0.2) is 0 Å². The summed E-state index contributed by atoms with van der Waals surface area (Å²) in [5, 5.41) is 6.49. The zero-order valence-electron chi connectivity index (χ0n) is 27.0. The second kappa shape index (κ2) is 12.9. The van der Waals surface area contributed by atoms with E-state index in [4.69, 9.17) is 4.74 Å². The molecule has 3 heterocycles. The number of piperidine rings is 1. The number of rotatable bonds is 8. The standard InChI is InChI=1S/C37H43N5O4/c1-25(2)41-24-42(29-11-6-5-7-12-29)37(36(41)45)18-20-40(21-19-37)35(44)33(22-27-14-16-30(46-4)17-15-27)39-34(43)31-23-28-10-8-9-13-32(28)38-26(31)3/h5-17,23,25-26,33,38H,18-22,24H2,1-4H3,(H,39,43). The van der Waals surface area contributed by atoms with Crippen LogP contribution >= 0.6 is 0 Å². The second-order valence-electron chi connectivity index (χ2n) is 12.8. The van der Waals surface area contributed by atoms with E-state index in [1.165, 1.54) is 0 Å². The lowest BCUT2D eigenvalue weighted by Gasteiger charge is -2.44. The second-order valence-corrected chi connectivity index (χ2v) is 12.8. The van der Waals surface area contributed by atoms with Gasteiger partial charge in [-0.3, -0.25) is 14.4 Å². The number of methoxy groups -OCH3 is 1. The van der Waals surface area contributed by atoms with Crippen LogP contribution in [0.5, 0.6) is 5.75 Å². The molecule has 2 unspecified atom stereocenters. The molecule has 3 aromatic carbocycles. The third kappa shape index (κ3) is 5.94. The highest BCUT2D eigenvalue weighted by Gasteiger charge is 2.54. The molecule has 0 saturated carbocycles. The molecule has 3 aliphatic rings. The summed E-state index contributed by atoms with van der Waals surface area (Å²) >= 11 is 0. The zero-order valence-corrected chi connectivity index (χ0v) is 27.0. The first-order valence-electron chi connectivity index (χ1n) is 16.1. The quantitative estimate of drug-likeness (QED) is 0.379. The van der Waals surface area contributed by atoms with E-state index in [0.717, 1.165) is 28.3 Å². The minimum absolute atomic E-state index is 0.0692. The summed E-state index contributed by atoms with van der Waals surface area (Å²) in [4.78, 5) is 48.0. The molecule has 0 aromatic heterocycles. The summed E-state index contributed by atoms with van der Waals surface area (Å²) in [6.45, 7) is 7.40. The summed E-state index contributed by atoms with van der Waals surface area (Å²) in [6, 6.07) is 24.6. The Kier molecular flexibility index (Phi) is 8.75. The first kappa shape index (κ1) is 31.2. The fraction of sp³-hybridized carbons (Fsp3) is 0.378. The minimum atomic E-state index is -0.781. The maximum absolute atomic E-state index is 14.3. The number of carbonyl (C=O) groups is 3. The number of likely N-dealkylation sites (tertiary alicyclic amines) is 1. The van der Waals surface area contributed by atoms with Crippen molar-refractivity contribution in [2.24, 2.45) is 0 Å². The van der Waals surface area contributed by atoms with Gasteiger partial charge >= 0.3 is 0 Å². The van der Waals surface area contributed by atoms with Crippen LogP contribution in [-0.4, -0.2) is 78.1 Å². The van der Waals surface area contributed by atoms with Crippen molar-refractivity contribution < 1.29 is 19.1 Å². The fourth-order valence-electron chi connectivity index (χ4n) is 6.93. The van der Waals surface area contributed by atoms with Crippen molar-refractivity contribution in [1.82, 2.24) is 15.1 Å². The van der Waals surface area contributed by atoms with Gasteiger partial charge in [0.05, 0.1) is 19.8 Å². The number of hydrogen-bond donors (Lipinski definition) is 2. The van der Waals surface area contributed by atoms with Crippen molar-refractivity contribution in [3.8, 4) is 5.75 Å². The molecule has 9 nitrogen and oxygen atoms in total. The van der Waals surface area contributed by atoms with Crippen LogP contribution in [0.2, 0.25) is 0 Å². The van der Waals surface area contributed by atoms with Crippen molar-refractivity contribution in [1.29, 1.82) is 0 Å². The van der Waals surface area contributed by atoms with Crippen LogP contribution < -0.4 is 20.3 Å². The number of carbonyl (C=O) groups excluding carboxylic acids is 3. The summed E-state index contributed by atoms with van der Waals surface area (Å²) < 4.78 is 5.32. The van der Waals surface area contributed by atoms with E-state index >= 15 is 0 Å². The molecule has 3 aliphatic heterocycles. The molecule has 2 atom stereocenters. The lowest BCUT2D eigenvalue weighted by atomic mass is 9.85. The Morgan fingerprint density at radius 3 is 2.33 bits per heavy atom. The first-order valence-corrected chi connectivity index (χ1v) is 16.1. The predicted molar refractivity (Wildman–Crippen MR) is 180 cm³/mol. The molecule has 1 spiro atoms. The number of fused-ring (bicyclic) bond motifs is 1. The number of hydrogen-bond acceptors (Lipinski definition) is 6. The molecule has 2 saturated heterocycles. The Labute approximate surface area is 271 Å². The first-order chi connectivity index (χ1) is 22.2. The highest BCUT2D eigenvalue weighted by molar-refractivity contribution is 6.03. The molecule has 0 bridgehead atoms. The topological polar surface area (TPSA) is 94.2 Å². The van der Waals surface area contributed by atoms with Gasteiger partial charge in [0, 0.05) is 42.5 Å². The predicted octanol–water partition coefficient (Wildman–Crippen LogP) is 4.70. The van der Waals surface area contributed by atoms with E-state index in [9.17, 15) is 14.4 Å². The monoisotopic (exact) mass is 621 g/mol. The average molecular weight is 622 g/mol. The molecule has 2 N–H and O–H groups in total. The van der Waals surface area contributed by atoms with Crippen molar-refractivity contribution in [3.63, 3.8) is 0 Å². The van der Waals surface area contributed by atoms with Crippen LogP contribution in [0.1, 0.15) is 44.7 Å². The van der Waals surface area contributed by atoms with Gasteiger partial charge in [-0.15, -0.1) is 0 Å². The third-order valence-corrected chi connectivity index (χ3v) is 9.64. The molecule has 0 aliphatic carbocycles. The minimum Gasteiger partial charge on any atom is -0.497 e. The lowest BCUT2D eigenvalue weighted by Crippen LogP contribution is -2.60. The maximum Gasteiger partial charge on any atom is 0.250 e. The van der Waals surface area contributed by atoms with E-state index in [-0.39, 0.29) is 29.8 Å². The van der Waals surface area contributed by atoms with Gasteiger partial charge in [0.15, 0.2) is 0 Å². The number of anilines is 2. The molecular formula is C37H43N5O4. The third-order valence-electron chi connectivity index (χ3n) is 9.64. The molecule has 3 aromatic rings. The van der Waals surface area contributed by atoms with E-state index in [1.54, 1.807) is 7.11 Å². The Morgan fingerprint density at radius 2 is 1.65 bits per heavy atom. The van der Waals surface area contributed by atoms with Gasteiger partial charge in [0.2, 0.25) is 17.7 Å². The van der Waals surface area contributed by atoms with E-state index in [1.807, 2.05) is 116 Å². The van der Waals surface area contributed by atoms with Gasteiger partial charge in [-0.1, -0.05) is 48.5 Å². The van der Waals surface area contributed by atoms with Crippen LogP contribution in [0.15, 0.2) is 84.4 Å². The van der Waals surface area contributed by atoms with Crippen molar-refractivity contribution in [3.05, 3.63) is 95.6 Å². The van der Waals surface area contributed by atoms with Gasteiger partial charge in [0.25, 0.3) is 0 Å². The highest BCUT2D eigenvalue weighted by atomic mass is 16.5. The molecule has 9 heteroatoms. The van der Waals surface area contributed by atoms with Gasteiger partial charge in [-0.2, -0.15) is 0 Å². The Hall–Kier alpha value is -4.79. The summed E-state index contributed by atoms with van der Waals surface area (Å²) in [7, 11) is 1.62. The Balaban J connectivity index is 1.23. The van der Waals surface area contributed by atoms with Crippen molar-refractivity contribution in [2.45, 2.75) is 63.7 Å². The zero-order chi connectivity index (χ0) is 32.4. The lowest BCUT2D eigenvalue weighted by molar-refractivity contribution is -0.141. The maximum atomic E-state index is 14.3. The van der Waals surface area contributed by atoms with Gasteiger partial charge in [-0.05, 0) is 81.1 Å². The summed E-state index contributed by atoms with van der Waals surface area (Å²) in [5.74, 6) is 0.424. The van der Waals surface area contributed by atoms with Gasteiger partial charge in [0.1, 0.15) is 17.3 Å². The summed E-state index contributed by atoms with van der Waals surface area (Å²) in [6.07, 6.45) is 3.26. The van der Waals surface area contributed by atoms with Crippen LogP contribution in [0.25, 0.3) is 6.08 Å². The van der Waals surface area contributed by atoms with E-state index < -0.39 is 11.6 Å². The number of nitrogens with one attached hydrogen (secondary N) is 2. The molecule has 240 valence electrons. The SMILES string of the molecule is COc1ccc(CC(NC(=O)C2=Cc3ccccc3NC2C)C(=O)N2CCC3(CC2)C(=O)N(C(C)C)CN3c2ccccc2)cc1. The fourth-order valence-corrected chi connectivity index (χ4v) is 6.93. The molecule has 2 fully saturated rings.